The van der Waals surface area contributed by atoms with Crippen molar-refractivity contribution in [3.63, 3.8) is 0 Å². The molecule has 0 aromatic heterocycles. The Bertz CT molecular complexity index is 774. The van der Waals surface area contributed by atoms with E-state index in [0.717, 1.165) is 32.1 Å². The Morgan fingerprint density at radius 2 is 0.857 bits per heavy atom. The molecule has 0 aliphatic carbocycles. The zero-order valence-electron chi connectivity index (χ0n) is 24.2. The molecule has 2 heteroatoms. The predicted molar refractivity (Wildman–Crippen MR) is 158 cm³/mol. The summed E-state index contributed by atoms with van der Waals surface area (Å²) in [5.74, 6) is 0. The summed E-state index contributed by atoms with van der Waals surface area (Å²) in [6, 6.07) is 10.9. The van der Waals surface area contributed by atoms with E-state index in [0.29, 0.717) is 12.1 Å². The van der Waals surface area contributed by atoms with E-state index in [1.165, 1.54) is 83.3 Å². The fourth-order valence-corrected chi connectivity index (χ4v) is 5.26. The van der Waals surface area contributed by atoms with Gasteiger partial charge in [-0.2, -0.15) is 0 Å². The van der Waals surface area contributed by atoms with Crippen LogP contribution in [0.5, 0.6) is 0 Å². The number of benzene rings is 2. The largest absolute Gasteiger partial charge is 0.382 e. The van der Waals surface area contributed by atoms with Crippen LogP contribution in [-0.4, -0.2) is 12.1 Å². The molecule has 0 spiro atoms. The Kier molecular flexibility index (Phi) is 12.7. The molecule has 0 aliphatic heterocycles. The van der Waals surface area contributed by atoms with E-state index >= 15 is 0 Å². The molecule has 2 rings (SSSR count). The van der Waals surface area contributed by atoms with Gasteiger partial charge in [-0.1, -0.05) is 91.5 Å². The van der Waals surface area contributed by atoms with Crippen molar-refractivity contribution in [2.45, 2.75) is 138 Å². The molecule has 2 aromatic rings. The van der Waals surface area contributed by atoms with Gasteiger partial charge in [0.25, 0.3) is 0 Å². The molecule has 196 valence electrons. The number of aryl methyl sites for hydroxylation is 4. The lowest BCUT2D eigenvalue weighted by atomic mass is 9.92. The molecule has 2 N–H and O–H groups in total. The van der Waals surface area contributed by atoms with E-state index in [4.69, 9.17) is 0 Å². The second-order valence-corrected chi connectivity index (χ2v) is 10.5. The third-order valence-corrected chi connectivity index (χ3v) is 7.42. The first-order chi connectivity index (χ1) is 16.9. The number of hydrogen-bond acceptors (Lipinski definition) is 2. The number of unbranched alkanes of at least 4 members (excludes halogenated alkanes) is 2. The van der Waals surface area contributed by atoms with Gasteiger partial charge in [0.2, 0.25) is 0 Å². The summed E-state index contributed by atoms with van der Waals surface area (Å²) >= 11 is 0. The quantitative estimate of drug-likeness (QED) is 0.251. The lowest BCUT2D eigenvalue weighted by Gasteiger charge is -2.23. The van der Waals surface area contributed by atoms with Gasteiger partial charge in [-0.15, -0.1) is 0 Å². The van der Waals surface area contributed by atoms with Crippen molar-refractivity contribution in [2.75, 3.05) is 10.6 Å². The summed E-state index contributed by atoms with van der Waals surface area (Å²) in [5, 5.41) is 7.75. The highest BCUT2D eigenvalue weighted by molar-refractivity contribution is 5.62. The normalized spacial score (nSPS) is 13.0. The molecular formula is C33H54N2. The second-order valence-electron chi connectivity index (χ2n) is 10.5. The van der Waals surface area contributed by atoms with Crippen LogP contribution in [0.15, 0.2) is 24.3 Å². The first-order valence-electron chi connectivity index (χ1n) is 14.7. The summed E-state index contributed by atoms with van der Waals surface area (Å²) in [5.41, 5.74) is 11.6. The topological polar surface area (TPSA) is 24.1 Å². The fraction of sp³-hybridized carbons (Fsp3) is 0.636. The first-order valence-corrected chi connectivity index (χ1v) is 14.7. The molecule has 2 nitrogen and oxygen atoms in total. The summed E-state index contributed by atoms with van der Waals surface area (Å²) in [6.07, 6.45) is 12.9. The van der Waals surface area contributed by atoms with Crippen LogP contribution in [0.2, 0.25) is 0 Å². The Morgan fingerprint density at radius 1 is 0.543 bits per heavy atom. The van der Waals surface area contributed by atoms with Crippen molar-refractivity contribution in [1.29, 1.82) is 0 Å². The van der Waals surface area contributed by atoms with Crippen LogP contribution in [-0.2, 0) is 32.1 Å². The van der Waals surface area contributed by atoms with Crippen LogP contribution in [0.3, 0.4) is 0 Å². The fourth-order valence-electron chi connectivity index (χ4n) is 5.26. The van der Waals surface area contributed by atoms with Gasteiger partial charge in [-0.05, 0) is 92.2 Å². The number of hydrogen-bond donors (Lipinski definition) is 2. The molecule has 0 saturated carbocycles. The summed E-state index contributed by atoms with van der Waals surface area (Å²) in [4.78, 5) is 0. The maximum Gasteiger partial charge on any atom is 0.0407 e. The van der Waals surface area contributed by atoms with Crippen molar-refractivity contribution in [1.82, 2.24) is 0 Å². The molecule has 0 radical (unpaired) electrons. The lowest BCUT2D eigenvalue weighted by molar-refractivity contribution is 0.643. The SMILES string of the molecule is CCCCC(C)Nc1c(CC)cc(Cc2cc(CC)c(NC(C)CCCC)c(CC)c2)cc1CC. The molecule has 2 aromatic carbocycles. The smallest absolute Gasteiger partial charge is 0.0407 e. The second kappa shape index (κ2) is 15.2. The van der Waals surface area contributed by atoms with Crippen molar-refractivity contribution in [2.24, 2.45) is 0 Å². The van der Waals surface area contributed by atoms with Crippen LogP contribution in [0.4, 0.5) is 11.4 Å². The maximum absolute atomic E-state index is 3.88. The minimum absolute atomic E-state index is 0.524. The van der Waals surface area contributed by atoms with Crippen LogP contribution >= 0.6 is 0 Å². The van der Waals surface area contributed by atoms with E-state index in [2.05, 4.69) is 90.3 Å². The van der Waals surface area contributed by atoms with Gasteiger partial charge < -0.3 is 10.6 Å². The van der Waals surface area contributed by atoms with E-state index < -0.39 is 0 Å². The Balaban J connectivity index is 2.34. The summed E-state index contributed by atoms with van der Waals surface area (Å²) in [6.45, 7) is 18.4. The van der Waals surface area contributed by atoms with Crippen LogP contribution in [0.25, 0.3) is 0 Å². The highest BCUT2D eigenvalue weighted by Crippen LogP contribution is 2.30. The maximum atomic E-state index is 3.88. The summed E-state index contributed by atoms with van der Waals surface area (Å²) < 4.78 is 0. The van der Waals surface area contributed by atoms with E-state index in [1.54, 1.807) is 0 Å². The van der Waals surface area contributed by atoms with E-state index in [-0.39, 0.29) is 0 Å². The number of anilines is 2. The van der Waals surface area contributed by atoms with Gasteiger partial charge in [-0.25, -0.2) is 0 Å². The van der Waals surface area contributed by atoms with Crippen molar-refractivity contribution in [3.05, 3.63) is 57.6 Å². The van der Waals surface area contributed by atoms with Crippen LogP contribution in [0.1, 0.15) is 127 Å². The Labute approximate surface area is 217 Å². The average Bonchev–Trinajstić information content (AvgIpc) is 2.87. The van der Waals surface area contributed by atoms with E-state index in [1.807, 2.05) is 0 Å². The van der Waals surface area contributed by atoms with Gasteiger partial charge in [0, 0.05) is 23.5 Å². The van der Waals surface area contributed by atoms with E-state index in [9.17, 15) is 0 Å². The minimum atomic E-state index is 0.524. The zero-order valence-corrected chi connectivity index (χ0v) is 24.2. The third kappa shape index (κ3) is 8.58. The molecular weight excluding hydrogens is 424 g/mol. The van der Waals surface area contributed by atoms with Gasteiger partial charge >= 0.3 is 0 Å². The molecule has 0 bridgehead atoms. The van der Waals surface area contributed by atoms with Crippen LogP contribution < -0.4 is 10.6 Å². The first kappa shape index (κ1) is 29.3. The van der Waals surface area contributed by atoms with Gasteiger partial charge in [0.15, 0.2) is 0 Å². The molecule has 0 heterocycles. The van der Waals surface area contributed by atoms with Crippen molar-refractivity contribution >= 4 is 11.4 Å². The van der Waals surface area contributed by atoms with Crippen molar-refractivity contribution < 1.29 is 0 Å². The molecule has 2 atom stereocenters. The predicted octanol–water partition coefficient (Wildman–Crippen LogP) is 9.51. The third-order valence-electron chi connectivity index (χ3n) is 7.42. The highest BCUT2D eigenvalue weighted by atomic mass is 14.9. The summed E-state index contributed by atoms with van der Waals surface area (Å²) in [7, 11) is 0. The van der Waals surface area contributed by atoms with Crippen LogP contribution in [0, 0.1) is 0 Å². The molecule has 0 amide bonds. The Hall–Kier alpha value is -1.96. The monoisotopic (exact) mass is 478 g/mol. The molecule has 0 aliphatic rings. The van der Waals surface area contributed by atoms with Gasteiger partial charge in [-0.3, -0.25) is 0 Å². The number of nitrogens with one attached hydrogen (secondary N) is 2. The molecule has 35 heavy (non-hydrogen) atoms. The molecule has 2 unspecified atom stereocenters. The highest BCUT2D eigenvalue weighted by Gasteiger charge is 2.15. The standard InChI is InChI=1S/C33H54N2/c1-9-15-17-24(7)34-32-28(11-3)20-26(21-29(32)12-4)19-27-22-30(13-5)33(31(14-6)23-27)35-25(8)18-16-10-2/h20-25,34-35H,9-19H2,1-8H3. The van der Waals surface area contributed by atoms with Gasteiger partial charge in [0.1, 0.15) is 0 Å². The average molecular weight is 479 g/mol. The lowest BCUT2D eigenvalue weighted by Crippen LogP contribution is -2.18. The van der Waals surface area contributed by atoms with Gasteiger partial charge in [0.05, 0.1) is 0 Å². The molecule has 0 saturated heterocycles. The molecule has 0 fully saturated rings. The van der Waals surface area contributed by atoms with Crippen molar-refractivity contribution in [3.8, 4) is 0 Å². The minimum Gasteiger partial charge on any atom is -0.382 e. The Morgan fingerprint density at radius 3 is 1.11 bits per heavy atom. The number of rotatable bonds is 16. The zero-order chi connectivity index (χ0) is 25.8.